The van der Waals surface area contributed by atoms with Crippen LogP contribution in [0.1, 0.15) is 49.5 Å². The predicted molar refractivity (Wildman–Crippen MR) is 91.2 cm³/mol. The molecule has 1 fully saturated rings. The quantitative estimate of drug-likeness (QED) is 0.874. The zero-order valence-electron chi connectivity index (χ0n) is 14.1. The first kappa shape index (κ1) is 16.3. The summed E-state index contributed by atoms with van der Waals surface area (Å²) in [5.41, 5.74) is 0.482. The lowest BCUT2D eigenvalue weighted by atomic mass is 10.2. The molecule has 1 aliphatic carbocycles. The molecule has 2 N–H and O–H groups in total. The van der Waals surface area contributed by atoms with Crippen LogP contribution in [-0.4, -0.2) is 31.2 Å². The Hall–Kier alpha value is -2.57. The van der Waals surface area contributed by atoms with Crippen molar-refractivity contribution >= 4 is 17.6 Å². The second kappa shape index (κ2) is 6.14. The molecule has 128 valence electrons. The maximum absolute atomic E-state index is 12.9. The first-order valence-electron chi connectivity index (χ1n) is 8.21. The van der Waals surface area contributed by atoms with E-state index in [2.05, 4.69) is 10.4 Å². The maximum Gasteiger partial charge on any atom is 0.270 e. The molecule has 0 aliphatic heterocycles. The summed E-state index contributed by atoms with van der Waals surface area (Å²) in [6, 6.07) is 0.0988. The molecule has 7 nitrogen and oxygen atoms in total. The van der Waals surface area contributed by atoms with E-state index in [0.29, 0.717) is 12.2 Å². The molecule has 2 aromatic rings. The molecule has 0 radical (unpaired) electrons. The van der Waals surface area contributed by atoms with Crippen LogP contribution in [0, 0.1) is 5.92 Å². The lowest BCUT2D eigenvalue weighted by Gasteiger charge is -2.15. The summed E-state index contributed by atoms with van der Waals surface area (Å²) in [5, 5.41) is 17.4. The van der Waals surface area contributed by atoms with Crippen molar-refractivity contribution in [2.24, 2.45) is 5.92 Å². The second-order valence-electron chi connectivity index (χ2n) is 6.59. The third-order valence-corrected chi connectivity index (χ3v) is 3.94. The molecule has 7 heteroatoms. The van der Waals surface area contributed by atoms with Gasteiger partial charge in [-0.05, 0) is 25.7 Å². The van der Waals surface area contributed by atoms with Crippen molar-refractivity contribution in [3.8, 4) is 5.88 Å². The zero-order valence-corrected chi connectivity index (χ0v) is 14.1. The van der Waals surface area contributed by atoms with Crippen LogP contribution in [0.25, 0.3) is 11.7 Å². The summed E-state index contributed by atoms with van der Waals surface area (Å²) < 4.78 is 2.79. The van der Waals surface area contributed by atoms with Crippen molar-refractivity contribution in [3.05, 3.63) is 33.8 Å². The zero-order chi connectivity index (χ0) is 17.4. The van der Waals surface area contributed by atoms with E-state index in [-0.39, 0.29) is 17.5 Å². The van der Waals surface area contributed by atoms with Crippen LogP contribution in [0.5, 0.6) is 5.88 Å². The Morgan fingerprint density at radius 2 is 2.21 bits per heavy atom. The predicted octanol–water partition coefficient (Wildman–Crippen LogP) is 1.78. The number of fused-ring (bicyclic) bond motifs is 1. The molecule has 1 saturated carbocycles. The van der Waals surface area contributed by atoms with E-state index < -0.39 is 17.3 Å². The Morgan fingerprint density at radius 1 is 1.50 bits per heavy atom. The first-order valence-corrected chi connectivity index (χ1v) is 8.21. The molecule has 3 rings (SSSR count). The summed E-state index contributed by atoms with van der Waals surface area (Å²) >= 11 is 0. The van der Waals surface area contributed by atoms with Crippen molar-refractivity contribution < 1.29 is 9.90 Å². The number of allylic oxidation sites excluding steroid dienone is 1. The van der Waals surface area contributed by atoms with E-state index in [0.717, 1.165) is 18.4 Å². The second-order valence-corrected chi connectivity index (χ2v) is 6.59. The van der Waals surface area contributed by atoms with Gasteiger partial charge in [-0.1, -0.05) is 26.0 Å². The van der Waals surface area contributed by atoms with Crippen molar-refractivity contribution in [1.29, 1.82) is 0 Å². The highest BCUT2D eigenvalue weighted by Crippen LogP contribution is 2.23. The molecule has 2 aromatic heterocycles. The number of nitrogens with one attached hydrogen (secondary N) is 1. The average molecular weight is 330 g/mol. The number of carbonyl (C=O) groups excluding carboxylic acids is 1. The fraction of sp³-hybridized carbons (Fsp3) is 0.471. The largest absolute Gasteiger partial charge is 0.492 e. The molecule has 0 unspecified atom stereocenters. The van der Waals surface area contributed by atoms with Gasteiger partial charge in [-0.15, -0.1) is 0 Å². The molecule has 1 aliphatic rings. The van der Waals surface area contributed by atoms with Crippen LogP contribution in [-0.2, 0) is 6.54 Å². The van der Waals surface area contributed by atoms with Crippen molar-refractivity contribution in [2.45, 2.75) is 46.2 Å². The minimum Gasteiger partial charge on any atom is -0.492 e. The standard InChI is InChI=1S/C17H22N4O3/c1-4-5-11-8-18-21-15(11)20(9-10(2)3)16(23)13(17(21)24)14(22)19-12-6-7-12/h4-5,8,10,12,24H,6-7,9H2,1-3H3,(H,19,22)/b5-4+. The first-order chi connectivity index (χ1) is 11.4. The highest BCUT2D eigenvalue weighted by Gasteiger charge is 2.29. The van der Waals surface area contributed by atoms with Gasteiger partial charge in [-0.3, -0.25) is 14.2 Å². The highest BCUT2D eigenvalue weighted by molar-refractivity contribution is 5.96. The lowest BCUT2D eigenvalue weighted by molar-refractivity contribution is 0.0944. The Balaban J connectivity index is 2.26. The third kappa shape index (κ3) is 2.81. The third-order valence-electron chi connectivity index (χ3n) is 3.94. The average Bonchev–Trinajstić information content (AvgIpc) is 3.22. The normalized spacial score (nSPS) is 14.8. The molecule has 2 heterocycles. The van der Waals surface area contributed by atoms with Gasteiger partial charge in [0.15, 0.2) is 5.56 Å². The maximum atomic E-state index is 12.9. The molecule has 24 heavy (non-hydrogen) atoms. The van der Waals surface area contributed by atoms with Crippen molar-refractivity contribution in [2.75, 3.05) is 0 Å². The number of carbonyl (C=O) groups is 1. The van der Waals surface area contributed by atoms with Crippen LogP contribution in [0.3, 0.4) is 0 Å². The fourth-order valence-electron chi connectivity index (χ4n) is 2.73. The van der Waals surface area contributed by atoms with Gasteiger partial charge in [-0.2, -0.15) is 9.61 Å². The highest BCUT2D eigenvalue weighted by atomic mass is 16.3. The molecule has 0 aromatic carbocycles. The fourth-order valence-corrected chi connectivity index (χ4v) is 2.73. The van der Waals surface area contributed by atoms with E-state index in [9.17, 15) is 14.7 Å². The molecule has 1 amide bonds. The van der Waals surface area contributed by atoms with Gasteiger partial charge in [0.05, 0.1) is 6.20 Å². The number of nitrogens with zero attached hydrogens (tertiary/aromatic N) is 3. The van der Waals surface area contributed by atoms with Crippen LogP contribution >= 0.6 is 0 Å². The Kier molecular flexibility index (Phi) is 4.17. The molecular formula is C17H22N4O3. The topological polar surface area (TPSA) is 88.6 Å². The van der Waals surface area contributed by atoms with Gasteiger partial charge in [0.2, 0.25) is 5.88 Å². The minimum atomic E-state index is -0.539. The number of amides is 1. The number of aromatic nitrogens is 3. The van der Waals surface area contributed by atoms with Crippen LogP contribution in [0.15, 0.2) is 17.1 Å². The van der Waals surface area contributed by atoms with Gasteiger partial charge in [0.1, 0.15) is 5.65 Å². The van der Waals surface area contributed by atoms with E-state index in [1.54, 1.807) is 6.20 Å². The number of hydrogen-bond donors (Lipinski definition) is 2. The van der Waals surface area contributed by atoms with Crippen LogP contribution in [0.2, 0.25) is 0 Å². The summed E-state index contributed by atoms with van der Waals surface area (Å²) in [6.45, 7) is 6.28. The van der Waals surface area contributed by atoms with E-state index in [1.807, 2.05) is 32.9 Å². The smallest absolute Gasteiger partial charge is 0.270 e. The van der Waals surface area contributed by atoms with Crippen molar-refractivity contribution in [1.82, 2.24) is 19.5 Å². The molecule has 0 atom stereocenters. The minimum absolute atomic E-state index is 0.0988. The summed E-state index contributed by atoms with van der Waals surface area (Å²) in [7, 11) is 0. The van der Waals surface area contributed by atoms with Crippen LogP contribution in [0.4, 0.5) is 0 Å². The van der Waals surface area contributed by atoms with Crippen molar-refractivity contribution in [3.63, 3.8) is 0 Å². The Bertz CT molecular complexity index is 872. The van der Waals surface area contributed by atoms with E-state index in [4.69, 9.17) is 0 Å². The molecular weight excluding hydrogens is 308 g/mol. The molecule has 0 bridgehead atoms. The molecule has 0 spiro atoms. The monoisotopic (exact) mass is 330 g/mol. The number of hydrogen-bond acceptors (Lipinski definition) is 4. The van der Waals surface area contributed by atoms with Crippen LogP contribution < -0.4 is 10.9 Å². The van der Waals surface area contributed by atoms with Gasteiger partial charge >= 0.3 is 0 Å². The number of rotatable bonds is 5. The van der Waals surface area contributed by atoms with E-state index >= 15 is 0 Å². The summed E-state index contributed by atoms with van der Waals surface area (Å²) in [5.74, 6) is -0.754. The summed E-state index contributed by atoms with van der Waals surface area (Å²) in [4.78, 5) is 25.3. The van der Waals surface area contributed by atoms with Gasteiger partial charge < -0.3 is 10.4 Å². The molecule has 0 saturated heterocycles. The summed E-state index contributed by atoms with van der Waals surface area (Å²) in [6.07, 6.45) is 7.05. The van der Waals surface area contributed by atoms with E-state index in [1.165, 1.54) is 9.08 Å². The lowest BCUT2D eigenvalue weighted by Crippen LogP contribution is -2.36. The van der Waals surface area contributed by atoms with Gasteiger partial charge in [0.25, 0.3) is 11.5 Å². The number of aromatic hydroxyl groups is 1. The van der Waals surface area contributed by atoms with Gasteiger partial charge in [0, 0.05) is 18.2 Å². The Morgan fingerprint density at radius 3 is 2.79 bits per heavy atom. The van der Waals surface area contributed by atoms with Gasteiger partial charge in [-0.25, -0.2) is 0 Å². The Labute approximate surface area is 139 Å². The SMILES string of the molecule is C/C=C/c1cnn2c(O)c(C(=O)NC3CC3)c(=O)n(CC(C)C)c12.